The maximum absolute atomic E-state index is 13.4. The highest BCUT2D eigenvalue weighted by Crippen LogP contribution is 2.55. The fraction of sp³-hybridized carbons (Fsp3) is 0.625. The van der Waals surface area contributed by atoms with Gasteiger partial charge >= 0.3 is 12.1 Å². The van der Waals surface area contributed by atoms with Crippen LogP contribution in [0.25, 0.3) is 0 Å². The number of carbonyl (C=O) groups excluding carboxylic acids is 3. The van der Waals surface area contributed by atoms with Crippen molar-refractivity contribution in [2.75, 3.05) is 26.2 Å². The largest absolute Gasteiger partial charge is 0.423 e. The van der Waals surface area contributed by atoms with Gasteiger partial charge in [0.2, 0.25) is 12.2 Å². The topological polar surface area (TPSA) is 191 Å². The van der Waals surface area contributed by atoms with Crippen LogP contribution in [0.5, 0.6) is 0 Å². The summed E-state index contributed by atoms with van der Waals surface area (Å²) in [5, 5.41) is 36.3. The molecule has 15 heteroatoms. The van der Waals surface area contributed by atoms with Crippen LogP contribution in [0.3, 0.4) is 0 Å². The minimum Gasteiger partial charge on any atom is -0.423 e. The fourth-order valence-electron chi connectivity index (χ4n) is 4.41. The Morgan fingerprint density at radius 1 is 1.03 bits per heavy atom. The molecule has 0 aromatic heterocycles. The van der Waals surface area contributed by atoms with E-state index in [1.807, 2.05) is 44.2 Å². The molecule has 220 valence electrons. The molecule has 4 atom stereocenters. The number of amides is 2. The van der Waals surface area contributed by atoms with Crippen LogP contribution in [0.4, 0.5) is 4.79 Å². The lowest BCUT2D eigenvalue weighted by molar-refractivity contribution is -0.502. The maximum atomic E-state index is 13.4. The van der Waals surface area contributed by atoms with Crippen molar-refractivity contribution in [3.05, 3.63) is 35.9 Å². The molecule has 0 bridgehead atoms. The van der Waals surface area contributed by atoms with Gasteiger partial charge in [-0.25, -0.2) is 14.4 Å². The summed E-state index contributed by atoms with van der Waals surface area (Å²) in [6, 6.07) is 9.42. The van der Waals surface area contributed by atoms with E-state index in [4.69, 9.17) is 30.3 Å². The molecule has 2 amide bonds. The van der Waals surface area contributed by atoms with E-state index in [9.17, 15) is 14.4 Å². The van der Waals surface area contributed by atoms with Crippen molar-refractivity contribution >= 4 is 18.0 Å². The zero-order valence-electron chi connectivity index (χ0n) is 22.3. The molecule has 1 aromatic rings. The molecule has 1 aliphatic rings. The number of carbonyl (C=O) groups is 3. The van der Waals surface area contributed by atoms with E-state index in [0.29, 0.717) is 19.5 Å². The highest BCUT2D eigenvalue weighted by atomic mass is 17.1. The highest BCUT2D eigenvalue weighted by Gasteiger charge is 2.61. The summed E-state index contributed by atoms with van der Waals surface area (Å²) in [5.41, 5.74) is 0.148. The van der Waals surface area contributed by atoms with Crippen LogP contribution >= 0.6 is 0 Å². The van der Waals surface area contributed by atoms with E-state index in [2.05, 4.69) is 15.0 Å². The Bertz CT molecular complexity index is 917. The zero-order chi connectivity index (χ0) is 29.0. The summed E-state index contributed by atoms with van der Waals surface area (Å²) in [6.45, 7) is 6.34. The minimum atomic E-state index is -1.46. The molecule has 1 aromatic carbocycles. The lowest BCUT2D eigenvalue weighted by atomic mass is 9.91. The summed E-state index contributed by atoms with van der Waals surface area (Å²) in [4.78, 5) is 48.9. The van der Waals surface area contributed by atoms with Gasteiger partial charge in [-0.15, -0.1) is 0 Å². The Kier molecular flexibility index (Phi) is 13.0. The average Bonchev–Trinajstić information content (AvgIpc) is 3.63. The highest BCUT2D eigenvalue weighted by molar-refractivity contribution is 5.92. The van der Waals surface area contributed by atoms with Gasteiger partial charge in [-0.1, -0.05) is 30.3 Å². The number of alkyl carbamates (subject to hydrolysis) is 1. The summed E-state index contributed by atoms with van der Waals surface area (Å²) in [7, 11) is 0. The molecular formula is C24H38N4O11. The number of rotatable bonds is 17. The third kappa shape index (κ3) is 9.66. The third-order valence-electron chi connectivity index (χ3n) is 6.43. The molecule has 5 N–H and O–H groups in total. The lowest BCUT2D eigenvalue weighted by Gasteiger charge is -2.26. The van der Waals surface area contributed by atoms with Gasteiger partial charge in [0.25, 0.3) is 0 Å². The Morgan fingerprint density at radius 3 is 2.28 bits per heavy atom. The molecule has 1 fully saturated rings. The predicted octanol–water partition coefficient (Wildman–Crippen LogP) is 1.99. The SMILES string of the molecule is CCN(CC)C(=O)[C@]1(c2ccccc2)C[C@@H]1CNC(=O)OC(C)OC(=O)C(CCCCON(O)O)ON(O)O. The van der Waals surface area contributed by atoms with Crippen LogP contribution in [0.15, 0.2) is 30.3 Å². The van der Waals surface area contributed by atoms with Crippen molar-refractivity contribution in [1.29, 1.82) is 0 Å². The lowest BCUT2D eigenvalue weighted by Crippen LogP contribution is -2.42. The normalized spacial score (nSPS) is 19.9. The summed E-state index contributed by atoms with van der Waals surface area (Å²) >= 11 is 0. The Hall–Kier alpha value is -2.89. The van der Waals surface area contributed by atoms with Crippen molar-refractivity contribution in [1.82, 2.24) is 21.0 Å². The van der Waals surface area contributed by atoms with Crippen LogP contribution < -0.4 is 5.32 Å². The summed E-state index contributed by atoms with van der Waals surface area (Å²) in [5.74, 6) is -1.18. The molecule has 15 nitrogen and oxygen atoms in total. The Labute approximate surface area is 226 Å². The second kappa shape index (κ2) is 15.6. The molecule has 2 unspecified atom stereocenters. The first kappa shape index (κ1) is 32.3. The number of benzene rings is 1. The van der Waals surface area contributed by atoms with Gasteiger partial charge in [-0.05, 0) is 51.0 Å². The second-order valence-corrected chi connectivity index (χ2v) is 8.94. The third-order valence-corrected chi connectivity index (χ3v) is 6.43. The fourth-order valence-corrected chi connectivity index (χ4v) is 4.41. The van der Waals surface area contributed by atoms with Gasteiger partial charge in [-0.3, -0.25) is 30.5 Å². The summed E-state index contributed by atoms with van der Waals surface area (Å²) < 4.78 is 10.1. The van der Waals surface area contributed by atoms with Crippen molar-refractivity contribution in [3.8, 4) is 0 Å². The molecule has 1 aliphatic carbocycles. The number of unbranched alkanes of at least 4 members (excludes halogenated alkanes) is 1. The monoisotopic (exact) mass is 558 g/mol. The number of likely N-dealkylation sites (N-methyl/N-ethyl adjacent to an activating group) is 1. The number of hydrogen-bond acceptors (Lipinski definition) is 13. The van der Waals surface area contributed by atoms with Crippen molar-refractivity contribution in [2.45, 2.75) is 64.3 Å². The zero-order valence-corrected chi connectivity index (χ0v) is 22.3. The molecule has 0 radical (unpaired) electrons. The summed E-state index contributed by atoms with van der Waals surface area (Å²) in [6.07, 6.45) is -2.65. The number of nitrogens with zero attached hydrogens (tertiary/aromatic N) is 3. The quantitative estimate of drug-likeness (QED) is 0.0808. The molecule has 0 spiro atoms. The van der Waals surface area contributed by atoms with E-state index in [1.54, 1.807) is 4.90 Å². The first-order valence-electron chi connectivity index (χ1n) is 12.7. The van der Waals surface area contributed by atoms with Crippen molar-refractivity contribution in [2.24, 2.45) is 5.92 Å². The van der Waals surface area contributed by atoms with Crippen LogP contribution in [0, 0.1) is 5.92 Å². The van der Waals surface area contributed by atoms with Crippen molar-refractivity contribution < 1.29 is 54.4 Å². The van der Waals surface area contributed by atoms with E-state index in [1.165, 1.54) is 6.92 Å². The molecule has 0 aliphatic heterocycles. The second-order valence-electron chi connectivity index (χ2n) is 8.94. The average molecular weight is 559 g/mol. The van der Waals surface area contributed by atoms with E-state index < -0.39 is 40.7 Å². The standard InChI is InChI=1S/C24H38N4O11/c1-4-26(5-2)22(30)24(18-11-7-6-8-12-18)15-19(24)16-25-23(31)38-17(3)37-21(29)20(39-28(34)35)13-9-10-14-36-27(32)33/h6-8,11-12,17,19-20,32-35H,4-5,9-10,13-16H2,1-3H3,(H,25,31)/t17?,19-,20?,24+/m1/s1. The molecule has 0 saturated heterocycles. The number of nitrogens with one attached hydrogen (secondary N) is 1. The molecular weight excluding hydrogens is 520 g/mol. The van der Waals surface area contributed by atoms with E-state index >= 15 is 0 Å². The molecule has 2 rings (SSSR count). The minimum absolute atomic E-state index is 0.00521. The molecule has 0 heterocycles. The number of hydrogen-bond donors (Lipinski definition) is 5. The molecule has 39 heavy (non-hydrogen) atoms. The van der Waals surface area contributed by atoms with Gasteiger partial charge < -0.3 is 19.7 Å². The smallest absolute Gasteiger partial charge is 0.410 e. The van der Waals surface area contributed by atoms with Gasteiger partial charge in [0.1, 0.15) is 0 Å². The first-order chi connectivity index (χ1) is 18.5. The molecule has 1 saturated carbocycles. The van der Waals surface area contributed by atoms with E-state index in [-0.39, 0.29) is 44.2 Å². The van der Waals surface area contributed by atoms with Crippen LogP contribution in [0.2, 0.25) is 0 Å². The Balaban J connectivity index is 1.88. The van der Waals surface area contributed by atoms with Gasteiger partial charge in [0, 0.05) is 26.6 Å². The van der Waals surface area contributed by atoms with Crippen LogP contribution in [-0.2, 0) is 34.2 Å². The van der Waals surface area contributed by atoms with E-state index in [0.717, 1.165) is 5.56 Å². The van der Waals surface area contributed by atoms with Gasteiger partial charge in [-0.2, -0.15) is 0 Å². The Morgan fingerprint density at radius 2 is 1.69 bits per heavy atom. The maximum Gasteiger partial charge on any atom is 0.410 e. The first-order valence-corrected chi connectivity index (χ1v) is 12.7. The number of esters is 1. The van der Waals surface area contributed by atoms with Crippen molar-refractivity contribution in [3.63, 3.8) is 0 Å². The van der Waals surface area contributed by atoms with Crippen LogP contribution in [0.1, 0.15) is 52.0 Å². The van der Waals surface area contributed by atoms with Gasteiger partial charge in [0.05, 0.1) is 22.8 Å². The number of ether oxygens (including phenoxy) is 2. The van der Waals surface area contributed by atoms with Crippen LogP contribution in [-0.4, -0.2) is 93.1 Å². The predicted molar refractivity (Wildman–Crippen MR) is 130 cm³/mol. The van der Waals surface area contributed by atoms with Gasteiger partial charge in [0.15, 0.2) is 6.10 Å².